The fourth-order valence-corrected chi connectivity index (χ4v) is 3.90. The lowest BCUT2D eigenvalue weighted by molar-refractivity contribution is 0.224. The van der Waals surface area contributed by atoms with E-state index in [-0.39, 0.29) is 0 Å². The molecule has 6 heteroatoms. The maximum Gasteiger partial charge on any atom is 0.427 e. The Bertz CT molecular complexity index is 1020. The molecule has 6 nitrogen and oxygen atoms in total. The van der Waals surface area contributed by atoms with Crippen LogP contribution in [0.15, 0.2) is 69.9 Å². The standard InChI is InChI=1S/C24H27N3O3/c28-23(25-15-8-7-11-19-9-3-1-4-10-19)27-21-18-26(16-14-22(21)30-24(27)29)17-20-12-5-2-6-13-20/h1-6,9-10,12-13H,7-8,11,14-18H2,(H,25,28). The number of unbranched alkanes of at least 4 members (excludes halogenated alkanes) is 1. The van der Waals surface area contributed by atoms with E-state index < -0.39 is 11.8 Å². The van der Waals surface area contributed by atoms with Crippen LogP contribution in [0.25, 0.3) is 0 Å². The average Bonchev–Trinajstić information content (AvgIpc) is 3.10. The summed E-state index contributed by atoms with van der Waals surface area (Å²) in [6.07, 6.45) is 3.45. The summed E-state index contributed by atoms with van der Waals surface area (Å²) in [6.45, 7) is 2.64. The van der Waals surface area contributed by atoms with E-state index in [0.717, 1.165) is 32.4 Å². The minimum Gasteiger partial charge on any atom is -0.412 e. The predicted octanol–water partition coefficient (Wildman–Crippen LogP) is 3.58. The van der Waals surface area contributed by atoms with Gasteiger partial charge in [-0.15, -0.1) is 0 Å². The van der Waals surface area contributed by atoms with Crippen LogP contribution in [0.4, 0.5) is 4.79 Å². The summed E-state index contributed by atoms with van der Waals surface area (Å²) < 4.78 is 6.53. The molecule has 1 aliphatic heterocycles. The van der Waals surface area contributed by atoms with E-state index in [0.29, 0.717) is 31.0 Å². The second-order valence-corrected chi connectivity index (χ2v) is 7.69. The quantitative estimate of drug-likeness (QED) is 0.610. The minimum absolute atomic E-state index is 0.397. The van der Waals surface area contributed by atoms with Crippen LogP contribution in [0.2, 0.25) is 0 Å². The van der Waals surface area contributed by atoms with Crippen LogP contribution in [0.1, 0.15) is 35.4 Å². The van der Waals surface area contributed by atoms with Gasteiger partial charge in [0.15, 0.2) is 0 Å². The number of aromatic nitrogens is 1. The molecule has 2 heterocycles. The smallest absolute Gasteiger partial charge is 0.412 e. The van der Waals surface area contributed by atoms with Crippen molar-refractivity contribution in [3.8, 4) is 0 Å². The molecule has 1 N–H and O–H groups in total. The van der Waals surface area contributed by atoms with Crippen LogP contribution in [-0.4, -0.2) is 28.6 Å². The SMILES string of the molecule is O=C(NCCCCc1ccccc1)n1c2c(oc1=O)CCN(Cc1ccccc1)C2. The van der Waals surface area contributed by atoms with Gasteiger partial charge >= 0.3 is 11.8 Å². The fraction of sp³-hybridized carbons (Fsp3) is 0.333. The van der Waals surface area contributed by atoms with E-state index in [2.05, 4.69) is 34.5 Å². The zero-order chi connectivity index (χ0) is 20.8. The highest BCUT2D eigenvalue weighted by Crippen LogP contribution is 2.20. The second-order valence-electron chi connectivity index (χ2n) is 7.69. The summed E-state index contributed by atoms with van der Waals surface area (Å²) in [5, 5.41) is 2.87. The molecule has 0 saturated heterocycles. The fourth-order valence-electron chi connectivity index (χ4n) is 3.90. The molecular formula is C24H27N3O3. The lowest BCUT2D eigenvalue weighted by Crippen LogP contribution is -2.38. The Hall–Kier alpha value is -3.12. The van der Waals surface area contributed by atoms with Gasteiger partial charge in [0.2, 0.25) is 0 Å². The van der Waals surface area contributed by atoms with E-state index in [1.807, 2.05) is 36.4 Å². The molecule has 0 atom stereocenters. The molecule has 1 aliphatic rings. The van der Waals surface area contributed by atoms with Crippen molar-refractivity contribution < 1.29 is 9.21 Å². The van der Waals surface area contributed by atoms with Crippen LogP contribution in [0, 0.1) is 0 Å². The predicted molar refractivity (Wildman–Crippen MR) is 115 cm³/mol. The third kappa shape index (κ3) is 4.89. The zero-order valence-corrected chi connectivity index (χ0v) is 17.0. The van der Waals surface area contributed by atoms with E-state index in [1.165, 1.54) is 15.7 Å². The molecule has 1 aromatic heterocycles. The van der Waals surface area contributed by atoms with Crippen molar-refractivity contribution in [2.75, 3.05) is 13.1 Å². The number of carbonyl (C=O) groups excluding carboxylic acids is 1. The largest absolute Gasteiger partial charge is 0.427 e. The van der Waals surface area contributed by atoms with Crippen LogP contribution >= 0.6 is 0 Å². The van der Waals surface area contributed by atoms with Gasteiger partial charge in [-0.25, -0.2) is 9.59 Å². The number of rotatable bonds is 7. The van der Waals surface area contributed by atoms with Gasteiger partial charge in [0.05, 0.1) is 5.69 Å². The number of amides is 1. The second kappa shape index (κ2) is 9.59. The summed E-state index contributed by atoms with van der Waals surface area (Å²) in [6, 6.07) is 20.1. The third-order valence-electron chi connectivity index (χ3n) is 5.48. The van der Waals surface area contributed by atoms with Gasteiger partial charge in [-0.05, 0) is 30.4 Å². The van der Waals surface area contributed by atoms with Crippen LogP contribution in [-0.2, 0) is 25.9 Å². The van der Waals surface area contributed by atoms with Gasteiger partial charge in [-0.3, -0.25) is 4.90 Å². The number of aryl methyl sites for hydroxylation is 1. The number of hydrogen-bond acceptors (Lipinski definition) is 4. The van der Waals surface area contributed by atoms with Crippen LogP contribution in [0.3, 0.4) is 0 Å². The van der Waals surface area contributed by atoms with Crippen molar-refractivity contribution in [1.82, 2.24) is 14.8 Å². The highest BCUT2D eigenvalue weighted by atomic mass is 16.4. The molecule has 0 radical (unpaired) electrons. The lowest BCUT2D eigenvalue weighted by Gasteiger charge is -2.26. The Morgan fingerprint density at radius 1 is 0.967 bits per heavy atom. The average molecular weight is 405 g/mol. The summed E-state index contributed by atoms with van der Waals surface area (Å²) >= 11 is 0. The molecule has 2 aromatic carbocycles. The maximum absolute atomic E-state index is 12.7. The Morgan fingerprint density at radius 2 is 1.67 bits per heavy atom. The first-order valence-corrected chi connectivity index (χ1v) is 10.5. The number of hydrogen-bond donors (Lipinski definition) is 1. The van der Waals surface area contributed by atoms with Gasteiger partial charge in [-0.1, -0.05) is 60.7 Å². The van der Waals surface area contributed by atoms with Gasteiger partial charge in [-0.2, -0.15) is 4.57 Å². The third-order valence-corrected chi connectivity index (χ3v) is 5.48. The molecule has 0 saturated carbocycles. The molecule has 0 unspecified atom stereocenters. The molecule has 0 bridgehead atoms. The molecule has 156 valence electrons. The van der Waals surface area contributed by atoms with Gasteiger partial charge in [0, 0.05) is 32.6 Å². The highest BCUT2D eigenvalue weighted by molar-refractivity contribution is 5.77. The van der Waals surface area contributed by atoms with Crippen molar-refractivity contribution in [3.63, 3.8) is 0 Å². The molecule has 1 amide bonds. The van der Waals surface area contributed by atoms with Crippen molar-refractivity contribution in [1.29, 1.82) is 0 Å². The van der Waals surface area contributed by atoms with Gasteiger partial charge in [0.1, 0.15) is 5.76 Å². The molecule has 0 fully saturated rings. The number of carbonyl (C=O) groups is 1. The summed E-state index contributed by atoms with van der Waals surface area (Å²) in [7, 11) is 0. The molecule has 3 aromatic rings. The summed E-state index contributed by atoms with van der Waals surface area (Å²) in [5.74, 6) is 0.0342. The lowest BCUT2D eigenvalue weighted by atomic mass is 10.1. The maximum atomic E-state index is 12.7. The van der Waals surface area contributed by atoms with Crippen LogP contribution in [0.5, 0.6) is 0 Å². The van der Waals surface area contributed by atoms with E-state index in [9.17, 15) is 9.59 Å². The summed E-state index contributed by atoms with van der Waals surface area (Å²) in [5.41, 5.74) is 3.17. The van der Waals surface area contributed by atoms with Gasteiger partial charge < -0.3 is 9.73 Å². The first kappa shape index (κ1) is 20.2. The van der Waals surface area contributed by atoms with Crippen molar-refractivity contribution in [3.05, 3.63) is 93.8 Å². The number of nitrogens with zero attached hydrogens (tertiary/aromatic N) is 2. The number of oxazole rings is 1. The molecule has 4 rings (SSSR count). The summed E-state index contributed by atoms with van der Waals surface area (Å²) in [4.78, 5) is 27.2. The Balaban J connectivity index is 1.32. The van der Waals surface area contributed by atoms with Crippen LogP contribution < -0.4 is 11.1 Å². The Labute approximate surface area is 176 Å². The Morgan fingerprint density at radius 3 is 2.40 bits per heavy atom. The van der Waals surface area contributed by atoms with Crippen molar-refractivity contribution >= 4 is 6.03 Å². The number of nitrogens with one attached hydrogen (secondary N) is 1. The first-order valence-electron chi connectivity index (χ1n) is 10.5. The molecule has 0 spiro atoms. The van der Waals surface area contributed by atoms with Gasteiger partial charge in [0.25, 0.3) is 0 Å². The molecular weight excluding hydrogens is 378 g/mol. The normalized spacial score (nSPS) is 13.7. The zero-order valence-electron chi connectivity index (χ0n) is 17.0. The molecule has 30 heavy (non-hydrogen) atoms. The number of benzene rings is 2. The topological polar surface area (TPSA) is 67.5 Å². The van der Waals surface area contributed by atoms with E-state index >= 15 is 0 Å². The number of fused-ring (bicyclic) bond motifs is 1. The minimum atomic E-state index is -0.594. The van der Waals surface area contributed by atoms with Crippen molar-refractivity contribution in [2.45, 2.75) is 38.8 Å². The highest BCUT2D eigenvalue weighted by Gasteiger charge is 2.27. The van der Waals surface area contributed by atoms with E-state index in [1.54, 1.807) is 0 Å². The molecule has 0 aliphatic carbocycles. The first-order chi connectivity index (χ1) is 14.7. The Kier molecular flexibility index (Phi) is 6.44. The monoisotopic (exact) mass is 405 g/mol. The van der Waals surface area contributed by atoms with Crippen molar-refractivity contribution in [2.24, 2.45) is 0 Å². The van der Waals surface area contributed by atoms with E-state index in [4.69, 9.17) is 4.42 Å².